The predicted molar refractivity (Wildman–Crippen MR) is 86.9 cm³/mol. The highest BCUT2D eigenvalue weighted by Gasteiger charge is 2.11. The van der Waals surface area contributed by atoms with Gasteiger partial charge in [0.05, 0.1) is 0 Å². The molecule has 20 heavy (non-hydrogen) atoms. The SMILES string of the molecule is CC(C)(C)NCC=c1cccc2c1=Cc1ccccc1-2. The molecule has 102 valence electrons. The van der Waals surface area contributed by atoms with Gasteiger partial charge in [-0.25, -0.2) is 0 Å². The molecular weight excluding hydrogens is 242 g/mol. The summed E-state index contributed by atoms with van der Waals surface area (Å²) in [6, 6.07) is 15.2. The third-order valence-corrected chi connectivity index (χ3v) is 3.65. The zero-order valence-corrected chi connectivity index (χ0v) is 12.4. The van der Waals surface area contributed by atoms with Gasteiger partial charge in [-0.15, -0.1) is 0 Å². The Labute approximate surface area is 120 Å². The van der Waals surface area contributed by atoms with Crippen molar-refractivity contribution in [1.82, 2.24) is 5.32 Å². The maximum absolute atomic E-state index is 3.51. The lowest BCUT2D eigenvalue weighted by molar-refractivity contribution is 0.454. The van der Waals surface area contributed by atoms with E-state index in [9.17, 15) is 0 Å². The quantitative estimate of drug-likeness (QED) is 0.749. The molecule has 0 saturated heterocycles. The first-order chi connectivity index (χ1) is 9.54. The second-order valence-electron chi connectivity index (χ2n) is 6.38. The molecule has 1 N–H and O–H groups in total. The van der Waals surface area contributed by atoms with Crippen LogP contribution in [-0.4, -0.2) is 12.1 Å². The molecule has 2 aromatic rings. The molecule has 3 rings (SSSR count). The minimum Gasteiger partial charge on any atom is -0.309 e. The Morgan fingerprint density at radius 1 is 0.950 bits per heavy atom. The lowest BCUT2D eigenvalue weighted by atomic mass is 10.0. The molecule has 2 aromatic carbocycles. The van der Waals surface area contributed by atoms with Crippen molar-refractivity contribution < 1.29 is 0 Å². The summed E-state index contributed by atoms with van der Waals surface area (Å²) in [6.07, 6.45) is 4.58. The summed E-state index contributed by atoms with van der Waals surface area (Å²) in [5.41, 5.74) is 4.18. The largest absolute Gasteiger partial charge is 0.309 e. The van der Waals surface area contributed by atoms with Gasteiger partial charge in [0.25, 0.3) is 0 Å². The fourth-order valence-electron chi connectivity index (χ4n) is 2.65. The van der Waals surface area contributed by atoms with E-state index in [0.717, 1.165) is 6.54 Å². The maximum Gasteiger partial charge on any atom is 0.0148 e. The molecule has 0 bridgehead atoms. The van der Waals surface area contributed by atoms with Gasteiger partial charge in [-0.2, -0.15) is 0 Å². The smallest absolute Gasteiger partial charge is 0.0148 e. The molecule has 0 fully saturated rings. The van der Waals surface area contributed by atoms with Gasteiger partial charge in [0, 0.05) is 12.1 Å². The molecule has 1 aliphatic carbocycles. The fourth-order valence-corrected chi connectivity index (χ4v) is 2.65. The summed E-state index contributed by atoms with van der Waals surface area (Å²) >= 11 is 0. The first-order valence-corrected chi connectivity index (χ1v) is 7.20. The van der Waals surface area contributed by atoms with Crippen LogP contribution >= 0.6 is 0 Å². The average molecular weight is 263 g/mol. The molecule has 1 nitrogen and oxygen atoms in total. The monoisotopic (exact) mass is 263 g/mol. The standard InChI is InChI=1S/C19H21N/c1-19(2,3)20-12-11-14-8-6-10-17-16-9-5-4-7-15(16)13-18(14)17/h4-11,13,20H,12H2,1-3H3. The molecule has 0 spiro atoms. The summed E-state index contributed by atoms with van der Waals surface area (Å²) in [5.74, 6) is 0. The van der Waals surface area contributed by atoms with E-state index in [-0.39, 0.29) is 5.54 Å². The Kier molecular flexibility index (Phi) is 3.23. The maximum atomic E-state index is 3.51. The van der Waals surface area contributed by atoms with Gasteiger partial charge in [0.1, 0.15) is 0 Å². The molecule has 1 heteroatoms. The highest BCUT2D eigenvalue weighted by Crippen LogP contribution is 2.24. The van der Waals surface area contributed by atoms with E-state index in [0.29, 0.717) is 0 Å². The highest BCUT2D eigenvalue weighted by molar-refractivity contribution is 5.82. The van der Waals surface area contributed by atoms with Gasteiger partial charge < -0.3 is 5.32 Å². The van der Waals surface area contributed by atoms with Crippen molar-refractivity contribution >= 4 is 12.2 Å². The van der Waals surface area contributed by atoms with Crippen LogP contribution in [0, 0.1) is 0 Å². The molecule has 0 heterocycles. The van der Waals surface area contributed by atoms with Gasteiger partial charge in [0.2, 0.25) is 0 Å². The van der Waals surface area contributed by atoms with Crippen LogP contribution in [0.4, 0.5) is 0 Å². The van der Waals surface area contributed by atoms with Crippen LogP contribution in [0.15, 0.2) is 42.5 Å². The third-order valence-electron chi connectivity index (χ3n) is 3.65. The van der Waals surface area contributed by atoms with E-state index in [1.54, 1.807) is 0 Å². The number of nitrogens with one attached hydrogen (secondary N) is 1. The van der Waals surface area contributed by atoms with Crippen LogP contribution in [-0.2, 0) is 0 Å². The van der Waals surface area contributed by atoms with E-state index >= 15 is 0 Å². The minimum absolute atomic E-state index is 0.154. The average Bonchev–Trinajstić information content (AvgIpc) is 2.77. The predicted octanol–water partition coefficient (Wildman–Crippen LogP) is 2.66. The van der Waals surface area contributed by atoms with Crippen molar-refractivity contribution in [3.05, 3.63) is 58.5 Å². The van der Waals surface area contributed by atoms with Gasteiger partial charge in [-0.1, -0.05) is 48.5 Å². The van der Waals surface area contributed by atoms with E-state index in [4.69, 9.17) is 0 Å². The molecule has 0 saturated carbocycles. The van der Waals surface area contributed by atoms with Gasteiger partial charge in [-0.05, 0) is 54.0 Å². The Morgan fingerprint density at radius 3 is 2.50 bits per heavy atom. The van der Waals surface area contributed by atoms with E-state index in [1.165, 1.54) is 27.1 Å². The molecule has 0 aromatic heterocycles. The molecule has 0 radical (unpaired) electrons. The molecular formula is C19H21N. The van der Waals surface area contributed by atoms with Gasteiger partial charge >= 0.3 is 0 Å². The zero-order valence-electron chi connectivity index (χ0n) is 12.4. The van der Waals surface area contributed by atoms with Gasteiger partial charge in [-0.3, -0.25) is 0 Å². The van der Waals surface area contributed by atoms with Crippen molar-refractivity contribution in [1.29, 1.82) is 0 Å². The lowest BCUT2D eigenvalue weighted by Crippen LogP contribution is -2.37. The number of rotatable bonds is 2. The third kappa shape index (κ3) is 2.54. The van der Waals surface area contributed by atoms with E-state index in [1.807, 2.05) is 0 Å². The van der Waals surface area contributed by atoms with Crippen LogP contribution in [0.1, 0.15) is 26.3 Å². The summed E-state index contributed by atoms with van der Waals surface area (Å²) in [6.45, 7) is 7.47. The highest BCUT2D eigenvalue weighted by atomic mass is 14.9. The number of hydrogen-bond acceptors (Lipinski definition) is 1. The first-order valence-electron chi connectivity index (χ1n) is 7.20. The molecule has 0 aliphatic heterocycles. The number of fused-ring (bicyclic) bond motifs is 3. The second kappa shape index (κ2) is 4.92. The number of benzene rings is 2. The Balaban J connectivity index is 2.02. The zero-order chi connectivity index (χ0) is 14.2. The fraction of sp³-hybridized carbons (Fsp3) is 0.263. The summed E-state index contributed by atoms with van der Waals surface area (Å²) in [4.78, 5) is 0. The van der Waals surface area contributed by atoms with Crippen molar-refractivity contribution in [3.63, 3.8) is 0 Å². The van der Waals surface area contributed by atoms with Crippen molar-refractivity contribution in [2.45, 2.75) is 26.3 Å². The molecule has 1 aliphatic rings. The van der Waals surface area contributed by atoms with Crippen LogP contribution in [0.5, 0.6) is 0 Å². The van der Waals surface area contributed by atoms with Crippen molar-refractivity contribution in [2.24, 2.45) is 0 Å². The van der Waals surface area contributed by atoms with Crippen LogP contribution < -0.4 is 15.8 Å². The first kappa shape index (κ1) is 13.1. The topological polar surface area (TPSA) is 12.0 Å². The number of hydrogen-bond donors (Lipinski definition) is 1. The van der Waals surface area contributed by atoms with Gasteiger partial charge in [0.15, 0.2) is 0 Å². The summed E-state index contributed by atoms with van der Waals surface area (Å²) < 4.78 is 0. The second-order valence-corrected chi connectivity index (χ2v) is 6.38. The van der Waals surface area contributed by atoms with Crippen molar-refractivity contribution in [2.75, 3.05) is 6.54 Å². The van der Waals surface area contributed by atoms with Crippen LogP contribution in [0.3, 0.4) is 0 Å². The van der Waals surface area contributed by atoms with Crippen LogP contribution in [0.25, 0.3) is 23.3 Å². The molecule has 0 amide bonds. The molecule has 0 unspecified atom stereocenters. The lowest BCUT2D eigenvalue weighted by Gasteiger charge is -2.18. The molecule has 0 atom stereocenters. The Morgan fingerprint density at radius 2 is 1.70 bits per heavy atom. The van der Waals surface area contributed by atoms with E-state index in [2.05, 4.69) is 80.7 Å². The van der Waals surface area contributed by atoms with Crippen LogP contribution in [0.2, 0.25) is 0 Å². The Hall–Kier alpha value is -1.86. The van der Waals surface area contributed by atoms with Crippen molar-refractivity contribution in [3.8, 4) is 11.1 Å². The normalized spacial score (nSPS) is 13.8. The summed E-state index contributed by atoms with van der Waals surface area (Å²) in [7, 11) is 0. The minimum atomic E-state index is 0.154. The Bertz CT molecular complexity index is 748. The summed E-state index contributed by atoms with van der Waals surface area (Å²) in [5, 5.41) is 6.18. The van der Waals surface area contributed by atoms with E-state index < -0.39 is 0 Å².